The third-order valence-electron chi connectivity index (χ3n) is 7.74. The lowest BCUT2D eigenvalue weighted by Crippen LogP contribution is -2.46. The van der Waals surface area contributed by atoms with Gasteiger partial charge < -0.3 is 9.84 Å². The van der Waals surface area contributed by atoms with Gasteiger partial charge in [0, 0.05) is 18.4 Å². The lowest BCUT2D eigenvalue weighted by atomic mass is 9.58. The zero-order valence-corrected chi connectivity index (χ0v) is 14.2. The van der Waals surface area contributed by atoms with Crippen molar-refractivity contribution in [3.8, 4) is 0 Å². The molecule has 1 heterocycles. The van der Waals surface area contributed by atoms with Crippen molar-refractivity contribution in [2.24, 2.45) is 17.3 Å². The van der Waals surface area contributed by atoms with E-state index in [2.05, 4.69) is 18.3 Å². The van der Waals surface area contributed by atoms with E-state index < -0.39 is 0 Å². The first-order valence-corrected chi connectivity index (χ1v) is 9.60. The van der Waals surface area contributed by atoms with Crippen molar-refractivity contribution in [2.75, 3.05) is 13.2 Å². The van der Waals surface area contributed by atoms with Crippen LogP contribution in [0.2, 0.25) is 0 Å². The summed E-state index contributed by atoms with van der Waals surface area (Å²) in [5.74, 6) is 1.40. The predicted octanol–water partition coefficient (Wildman–Crippen LogP) is 3.30. The third-order valence-corrected chi connectivity index (χ3v) is 7.74. The van der Waals surface area contributed by atoms with Gasteiger partial charge in [-0.1, -0.05) is 18.6 Å². The minimum Gasteiger partial charge on any atom is -0.393 e. The average molecular weight is 315 g/mol. The van der Waals surface area contributed by atoms with Gasteiger partial charge in [0.15, 0.2) is 0 Å². The van der Waals surface area contributed by atoms with Gasteiger partial charge in [-0.25, -0.2) is 0 Å². The highest BCUT2D eigenvalue weighted by molar-refractivity contribution is 5.44. The van der Waals surface area contributed by atoms with Gasteiger partial charge >= 0.3 is 0 Å². The molecule has 0 aromatic carbocycles. The Kier molecular flexibility index (Phi) is 3.15. The molecule has 23 heavy (non-hydrogen) atoms. The SMILES string of the molecule is C[C@]12CC=C3C4=C(CCC3C1CC[C@@H]2O)CC1(CC4)NCCO1. The Morgan fingerprint density at radius 3 is 3.00 bits per heavy atom. The molecular formula is C20H29NO2. The molecule has 1 saturated heterocycles. The Labute approximate surface area is 139 Å². The van der Waals surface area contributed by atoms with Crippen LogP contribution in [0.3, 0.4) is 0 Å². The van der Waals surface area contributed by atoms with E-state index in [-0.39, 0.29) is 17.2 Å². The molecule has 5 atom stereocenters. The fourth-order valence-electron chi connectivity index (χ4n) is 6.41. The first-order chi connectivity index (χ1) is 11.1. The second kappa shape index (κ2) is 4.93. The summed E-state index contributed by atoms with van der Waals surface area (Å²) in [5.41, 5.74) is 5.09. The Hall–Kier alpha value is -0.640. The zero-order chi connectivity index (χ0) is 15.7. The number of allylic oxidation sites excluding steroid dienone is 3. The van der Waals surface area contributed by atoms with Crippen LogP contribution in [0, 0.1) is 17.3 Å². The van der Waals surface area contributed by atoms with Crippen LogP contribution >= 0.6 is 0 Å². The van der Waals surface area contributed by atoms with Crippen molar-refractivity contribution in [3.63, 3.8) is 0 Å². The van der Waals surface area contributed by atoms with Crippen LogP contribution in [-0.2, 0) is 4.74 Å². The lowest BCUT2D eigenvalue weighted by Gasteiger charge is -2.48. The molecule has 2 fully saturated rings. The van der Waals surface area contributed by atoms with Crippen LogP contribution < -0.4 is 5.32 Å². The maximum atomic E-state index is 10.5. The van der Waals surface area contributed by atoms with Crippen molar-refractivity contribution in [2.45, 2.75) is 70.1 Å². The van der Waals surface area contributed by atoms with Gasteiger partial charge in [0.25, 0.3) is 0 Å². The molecule has 1 spiro atoms. The van der Waals surface area contributed by atoms with E-state index in [1.54, 1.807) is 16.7 Å². The van der Waals surface area contributed by atoms with Crippen molar-refractivity contribution >= 4 is 0 Å². The number of nitrogens with one attached hydrogen (secondary N) is 1. The summed E-state index contributed by atoms with van der Waals surface area (Å²) in [6.07, 6.45) is 11.6. The molecule has 0 amide bonds. The number of aliphatic hydroxyl groups is 1. The van der Waals surface area contributed by atoms with E-state index in [4.69, 9.17) is 4.74 Å². The molecule has 0 aromatic heterocycles. The molecule has 3 heteroatoms. The van der Waals surface area contributed by atoms with Gasteiger partial charge in [-0.05, 0) is 67.9 Å². The minimum atomic E-state index is -0.0913. The normalized spacial score (nSPS) is 49.0. The topological polar surface area (TPSA) is 41.5 Å². The van der Waals surface area contributed by atoms with Crippen molar-refractivity contribution < 1.29 is 9.84 Å². The molecule has 4 aliphatic carbocycles. The molecule has 5 rings (SSSR count). The van der Waals surface area contributed by atoms with E-state index >= 15 is 0 Å². The van der Waals surface area contributed by atoms with Crippen molar-refractivity contribution in [1.29, 1.82) is 0 Å². The maximum absolute atomic E-state index is 10.5. The van der Waals surface area contributed by atoms with Crippen LogP contribution in [0.15, 0.2) is 22.8 Å². The Balaban J connectivity index is 1.48. The van der Waals surface area contributed by atoms with Gasteiger partial charge in [-0.3, -0.25) is 5.32 Å². The van der Waals surface area contributed by atoms with E-state index in [0.29, 0.717) is 11.8 Å². The first-order valence-electron chi connectivity index (χ1n) is 9.60. The Morgan fingerprint density at radius 2 is 2.17 bits per heavy atom. The molecule has 1 saturated carbocycles. The summed E-state index contributed by atoms with van der Waals surface area (Å²) in [6, 6.07) is 0. The molecule has 2 N–H and O–H groups in total. The first kappa shape index (κ1) is 14.7. The summed E-state index contributed by atoms with van der Waals surface area (Å²) in [5, 5.41) is 14.1. The van der Waals surface area contributed by atoms with Crippen molar-refractivity contribution in [3.05, 3.63) is 22.8 Å². The molecule has 1 aliphatic heterocycles. The second-order valence-corrected chi connectivity index (χ2v) is 8.74. The molecule has 0 radical (unpaired) electrons. The quantitative estimate of drug-likeness (QED) is 0.721. The van der Waals surface area contributed by atoms with E-state index in [0.717, 1.165) is 38.8 Å². The van der Waals surface area contributed by atoms with Crippen LogP contribution in [-0.4, -0.2) is 30.1 Å². The fourth-order valence-corrected chi connectivity index (χ4v) is 6.41. The number of ether oxygens (including phenoxy) is 1. The molecule has 126 valence electrons. The molecular weight excluding hydrogens is 286 g/mol. The van der Waals surface area contributed by atoms with Gasteiger partial charge in [-0.2, -0.15) is 0 Å². The number of hydrogen-bond donors (Lipinski definition) is 2. The summed E-state index contributed by atoms with van der Waals surface area (Å²) >= 11 is 0. The standard InChI is InChI=1S/C20H29NO2/c1-19-8-6-15-14-7-9-20(21-10-11-23-20)12-13(14)2-3-16(15)17(19)4-5-18(19)22/h6,16-18,21-22H,2-5,7-12H2,1H3/t16?,17?,18-,19-,20?/m0/s1. The summed E-state index contributed by atoms with van der Waals surface area (Å²) in [4.78, 5) is 0. The molecule has 5 aliphatic rings. The largest absolute Gasteiger partial charge is 0.393 e. The van der Waals surface area contributed by atoms with E-state index in [1.807, 2.05) is 0 Å². The molecule has 0 aromatic rings. The number of fused-ring (bicyclic) bond motifs is 4. The molecule has 0 bridgehead atoms. The van der Waals surface area contributed by atoms with Gasteiger partial charge in [-0.15, -0.1) is 0 Å². The number of aliphatic hydroxyl groups excluding tert-OH is 1. The highest BCUT2D eigenvalue weighted by atomic mass is 16.5. The van der Waals surface area contributed by atoms with Crippen LogP contribution in [0.25, 0.3) is 0 Å². The predicted molar refractivity (Wildman–Crippen MR) is 89.8 cm³/mol. The third kappa shape index (κ3) is 1.99. The highest BCUT2D eigenvalue weighted by Crippen LogP contribution is 2.59. The zero-order valence-electron chi connectivity index (χ0n) is 14.2. The smallest absolute Gasteiger partial charge is 0.123 e. The van der Waals surface area contributed by atoms with Gasteiger partial charge in [0.2, 0.25) is 0 Å². The monoisotopic (exact) mass is 315 g/mol. The van der Waals surface area contributed by atoms with Gasteiger partial charge in [0.05, 0.1) is 12.7 Å². The van der Waals surface area contributed by atoms with Crippen molar-refractivity contribution in [1.82, 2.24) is 5.32 Å². The van der Waals surface area contributed by atoms with E-state index in [9.17, 15) is 5.11 Å². The number of rotatable bonds is 0. The number of hydrogen-bond acceptors (Lipinski definition) is 3. The second-order valence-electron chi connectivity index (χ2n) is 8.74. The van der Waals surface area contributed by atoms with Gasteiger partial charge in [0.1, 0.15) is 5.72 Å². The summed E-state index contributed by atoms with van der Waals surface area (Å²) in [7, 11) is 0. The highest BCUT2D eigenvalue weighted by Gasteiger charge is 2.53. The molecule has 3 unspecified atom stereocenters. The van der Waals surface area contributed by atoms with E-state index in [1.165, 1.54) is 25.7 Å². The molecule has 3 nitrogen and oxygen atoms in total. The van der Waals surface area contributed by atoms with Crippen LogP contribution in [0.1, 0.15) is 58.3 Å². The lowest BCUT2D eigenvalue weighted by molar-refractivity contribution is -0.0231. The Bertz CT molecular complexity index is 586. The average Bonchev–Trinajstić information content (AvgIpc) is 3.12. The summed E-state index contributed by atoms with van der Waals surface area (Å²) < 4.78 is 6.07. The Morgan fingerprint density at radius 1 is 1.26 bits per heavy atom. The fraction of sp³-hybridized carbons (Fsp3) is 0.800. The van der Waals surface area contributed by atoms with Crippen LogP contribution in [0.5, 0.6) is 0 Å². The minimum absolute atomic E-state index is 0.0427. The maximum Gasteiger partial charge on any atom is 0.123 e. The van der Waals surface area contributed by atoms with Crippen LogP contribution in [0.4, 0.5) is 0 Å². The summed E-state index contributed by atoms with van der Waals surface area (Å²) in [6.45, 7) is 4.21.